The van der Waals surface area contributed by atoms with E-state index in [2.05, 4.69) is 0 Å². The zero-order valence-corrected chi connectivity index (χ0v) is 7.75. The Morgan fingerprint density at radius 3 is 2.86 bits per heavy atom. The lowest BCUT2D eigenvalue weighted by Gasteiger charge is -2.11. The van der Waals surface area contributed by atoms with Gasteiger partial charge in [-0.3, -0.25) is 0 Å². The van der Waals surface area contributed by atoms with Gasteiger partial charge in [0.1, 0.15) is 5.82 Å². The quantitative estimate of drug-likeness (QED) is 0.741. The summed E-state index contributed by atoms with van der Waals surface area (Å²) in [6.07, 6.45) is 0.806. The van der Waals surface area contributed by atoms with Crippen molar-refractivity contribution in [2.75, 3.05) is 13.2 Å². The van der Waals surface area contributed by atoms with Crippen LogP contribution >= 0.6 is 0 Å². The molecular weight excluding hydrogens is 185 g/mol. The van der Waals surface area contributed by atoms with Gasteiger partial charge in [0.05, 0.1) is 13.2 Å². The molecule has 2 N–H and O–H groups in total. The van der Waals surface area contributed by atoms with E-state index in [4.69, 9.17) is 15.2 Å². The Balaban J connectivity index is 2.48. The molecule has 1 aliphatic heterocycles. The fourth-order valence-electron chi connectivity index (χ4n) is 1.46. The molecule has 0 radical (unpaired) electrons. The molecule has 2 rings (SSSR count). The van der Waals surface area contributed by atoms with Crippen molar-refractivity contribution in [1.29, 1.82) is 0 Å². The zero-order valence-electron chi connectivity index (χ0n) is 7.75. The number of hydrogen-bond acceptors (Lipinski definition) is 3. The third-order valence-corrected chi connectivity index (χ3v) is 2.16. The molecule has 4 heteroatoms. The van der Waals surface area contributed by atoms with Gasteiger partial charge in [0.25, 0.3) is 0 Å². The first kappa shape index (κ1) is 9.27. The third kappa shape index (κ3) is 1.53. The lowest BCUT2D eigenvalue weighted by molar-refractivity contribution is 0.296. The van der Waals surface area contributed by atoms with Crippen molar-refractivity contribution in [3.8, 4) is 11.5 Å². The molecule has 76 valence electrons. The Labute approximate surface area is 81.6 Å². The van der Waals surface area contributed by atoms with Gasteiger partial charge in [-0.25, -0.2) is 4.39 Å². The second-order valence-electron chi connectivity index (χ2n) is 3.11. The summed E-state index contributed by atoms with van der Waals surface area (Å²) in [5.41, 5.74) is 5.84. The minimum absolute atomic E-state index is 0.123. The Hall–Kier alpha value is -1.29. The number of benzene rings is 1. The Morgan fingerprint density at radius 1 is 1.29 bits per heavy atom. The van der Waals surface area contributed by atoms with Gasteiger partial charge >= 0.3 is 0 Å². The summed E-state index contributed by atoms with van der Waals surface area (Å²) >= 11 is 0. The number of ether oxygens (including phenoxy) is 2. The van der Waals surface area contributed by atoms with Crippen LogP contribution in [0.3, 0.4) is 0 Å². The largest absolute Gasteiger partial charge is 0.490 e. The van der Waals surface area contributed by atoms with Gasteiger partial charge < -0.3 is 15.2 Å². The summed E-state index contributed by atoms with van der Waals surface area (Å²) in [4.78, 5) is 0. The number of halogens is 1. The number of hydrogen-bond donors (Lipinski definition) is 1. The molecule has 1 heterocycles. The highest BCUT2D eigenvalue weighted by molar-refractivity contribution is 5.47. The van der Waals surface area contributed by atoms with Gasteiger partial charge in [0, 0.05) is 18.5 Å². The molecule has 0 atom stereocenters. The van der Waals surface area contributed by atoms with Gasteiger partial charge in [0.15, 0.2) is 11.5 Å². The van der Waals surface area contributed by atoms with Crippen LogP contribution < -0.4 is 15.2 Å². The van der Waals surface area contributed by atoms with Crippen LogP contribution in [0.1, 0.15) is 12.0 Å². The molecular formula is C10H12FNO2. The van der Waals surface area contributed by atoms with Gasteiger partial charge in [-0.2, -0.15) is 0 Å². The highest BCUT2D eigenvalue weighted by Gasteiger charge is 2.17. The summed E-state index contributed by atoms with van der Waals surface area (Å²) in [5, 5.41) is 0. The highest BCUT2D eigenvalue weighted by atomic mass is 19.1. The van der Waals surface area contributed by atoms with Crippen molar-refractivity contribution in [2.24, 2.45) is 5.73 Å². The molecule has 0 spiro atoms. The standard InChI is InChI=1S/C10H12FNO2/c11-8-2-3-9-10(7(8)6-12)14-5-1-4-13-9/h2-3H,1,4-6,12H2. The van der Waals surface area contributed by atoms with E-state index < -0.39 is 0 Å². The van der Waals surface area contributed by atoms with Crippen LogP contribution in [-0.4, -0.2) is 13.2 Å². The first-order valence-corrected chi connectivity index (χ1v) is 4.60. The van der Waals surface area contributed by atoms with E-state index in [1.165, 1.54) is 6.07 Å². The molecule has 3 nitrogen and oxygen atoms in total. The van der Waals surface area contributed by atoms with E-state index in [9.17, 15) is 4.39 Å². The second-order valence-corrected chi connectivity index (χ2v) is 3.11. The van der Waals surface area contributed by atoms with Gasteiger partial charge in [-0.1, -0.05) is 0 Å². The second kappa shape index (κ2) is 3.84. The van der Waals surface area contributed by atoms with Crippen molar-refractivity contribution in [3.05, 3.63) is 23.5 Å². The number of rotatable bonds is 1. The van der Waals surface area contributed by atoms with Crippen molar-refractivity contribution in [2.45, 2.75) is 13.0 Å². The Bertz CT molecular complexity index is 341. The smallest absolute Gasteiger partial charge is 0.168 e. The minimum atomic E-state index is -0.336. The zero-order chi connectivity index (χ0) is 9.97. The summed E-state index contributed by atoms with van der Waals surface area (Å²) in [6.45, 7) is 1.27. The molecule has 0 aromatic heterocycles. The Kier molecular flexibility index (Phi) is 2.54. The van der Waals surface area contributed by atoms with E-state index in [0.717, 1.165) is 6.42 Å². The molecule has 0 unspecified atom stereocenters. The van der Waals surface area contributed by atoms with Crippen LogP contribution in [0, 0.1) is 5.82 Å². The van der Waals surface area contributed by atoms with Gasteiger partial charge in [-0.05, 0) is 12.1 Å². The molecule has 0 aliphatic carbocycles. The van der Waals surface area contributed by atoms with Crippen LogP contribution in [0.25, 0.3) is 0 Å². The average Bonchev–Trinajstić information content (AvgIpc) is 2.42. The molecule has 0 fully saturated rings. The monoisotopic (exact) mass is 197 g/mol. The van der Waals surface area contributed by atoms with Crippen LogP contribution in [0.4, 0.5) is 4.39 Å². The van der Waals surface area contributed by atoms with Crippen LogP contribution in [0.2, 0.25) is 0 Å². The van der Waals surface area contributed by atoms with E-state index in [-0.39, 0.29) is 12.4 Å². The van der Waals surface area contributed by atoms with E-state index in [1.54, 1.807) is 6.07 Å². The molecule has 0 bridgehead atoms. The summed E-state index contributed by atoms with van der Waals surface area (Å²) in [7, 11) is 0. The lowest BCUT2D eigenvalue weighted by Crippen LogP contribution is -2.05. The average molecular weight is 197 g/mol. The Morgan fingerprint density at radius 2 is 2.07 bits per heavy atom. The predicted octanol–water partition coefficient (Wildman–Crippen LogP) is 1.45. The fraction of sp³-hybridized carbons (Fsp3) is 0.400. The first-order valence-electron chi connectivity index (χ1n) is 4.60. The number of fused-ring (bicyclic) bond motifs is 1. The van der Waals surface area contributed by atoms with Crippen LogP contribution in [0.15, 0.2) is 12.1 Å². The van der Waals surface area contributed by atoms with Gasteiger partial charge in [0.2, 0.25) is 0 Å². The molecule has 14 heavy (non-hydrogen) atoms. The third-order valence-electron chi connectivity index (χ3n) is 2.16. The van der Waals surface area contributed by atoms with Crippen molar-refractivity contribution >= 4 is 0 Å². The maximum absolute atomic E-state index is 13.3. The molecule has 0 saturated heterocycles. The topological polar surface area (TPSA) is 44.5 Å². The van der Waals surface area contributed by atoms with Crippen molar-refractivity contribution in [1.82, 2.24) is 0 Å². The number of nitrogens with two attached hydrogens (primary N) is 1. The van der Waals surface area contributed by atoms with Crippen molar-refractivity contribution < 1.29 is 13.9 Å². The molecule has 1 aromatic rings. The first-order chi connectivity index (χ1) is 6.83. The normalized spacial score (nSPS) is 15.0. The molecule has 1 aliphatic rings. The summed E-state index contributed by atoms with van der Waals surface area (Å²) in [6, 6.07) is 2.94. The van der Waals surface area contributed by atoms with Gasteiger partial charge in [-0.15, -0.1) is 0 Å². The van der Waals surface area contributed by atoms with E-state index in [0.29, 0.717) is 30.3 Å². The van der Waals surface area contributed by atoms with Crippen molar-refractivity contribution in [3.63, 3.8) is 0 Å². The van der Waals surface area contributed by atoms with E-state index in [1.807, 2.05) is 0 Å². The maximum atomic E-state index is 13.3. The summed E-state index contributed by atoms with van der Waals surface area (Å²) in [5.74, 6) is 0.714. The summed E-state index contributed by atoms with van der Waals surface area (Å²) < 4.78 is 24.1. The maximum Gasteiger partial charge on any atom is 0.168 e. The van der Waals surface area contributed by atoms with Crippen LogP contribution in [-0.2, 0) is 6.54 Å². The molecule has 0 amide bonds. The minimum Gasteiger partial charge on any atom is -0.490 e. The fourth-order valence-corrected chi connectivity index (χ4v) is 1.46. The lowest BCUT2D eigenvalue weighted by atomic mass is 10.1. The molecule has 0 saturated carbocycles. The molecule has 1 aromatic carbocycles. The SMILES string of the molecule is NCc1c(F)ccc2c1OCCCO2. The van der Waals surface area contributed by atoms with E-state index >= 15 is 0 Å². The highest BCUT2D eigenvalue weighted by Crippen LogP contribution is 2.34. The van der Waals surface area contributed by atoms with Crippen LogP contribution in [0.5, 0.6) is 11.5 Å². The predicted molar refractivity (Wildman–Crippen MR) is 49.9 cm³/mol.